The number of ether oxygens (including phenoxy) is 3. The first-order chi connectivity index (χ1) is 15.1. The maximum absolute atomic E-state index is 12.3. The number of carbonyl (C=O) groups excluding carboxylic acids is 1. The van der Waals surface area contributed by atoms with Gasteiger partial charge in [0.2, 0.25) is 0 Å². The SMILES string of the molecule is CCNC(=NCC(C)Oc1ccccc1OC)NCCNC(=O)c1cccc(OC)c1. The summed E-state index contributed by atoms with van der Waals surface area (Å²) in [7, 11) is 3.19. The van der Waals surface area contributed by atoms with E-state index in [2.05, 4.69) is 20.9 Å². The van der Waals surface area contributed by atoms with Crippen molar-refractivity contribution in [3.63, 3.8) is 0 Å². The van der Waals surface area contributed by atoms with Gasteiger partial charge in [-0.05, 0) is 44.2 Å². The van der Waals surface area contributed by atoms with Gasteiger partial charge in [-0.2, -0.15) is 0 Å². The number of amides is 1. The zero-order valence-electron chi connectivity index (χ0n) is 18.6. The second kappa shape index (κ2) is 13.0. The first-order valence-corrected chi connectivity index (χ1v) is 10.3. The normalized spacial score (nSPS) is 11.9. The first-order valence-electron chi connectivity index (χ1n) is 10.3. The molecule has 0 heterocycles. The van der Waals surface area contributed by atoms with E-state index in [9.17, 15) is 4.79 Å². The molecule has 2 aromatic rings. The van der Waals surface area contributed by atoms with Gasteiger partial charge in [0.25, 0.3) is 5.91 Å². The van der Waals surface area contributed by atoms with Crippen molar-refractivity contribution in [2.75, 3.05) is 40.4 Å². The van der Waals surface area contributed by atoms with Crippen LogP contribution in [0.4, 0.5) is 0 Å². The minimum atomic E-state index is -0.151. The quantitative estimate of drug-likeness (QED) is 0.289. The number of hydrogen-bond donors (Lipinski definition) is 3. The number of rotatable bonds is 11. The molecule has 0 saturated heterocycles. The Labute approximate surface area is 184 Å². The number of guanidine groups is 1. The molecule has 0 aromatic heterocycles. The monoisotopic (exact) mass is 428 g/mol. The van der Waals surface area contributed by atoms with E-state index >= 15 is 0 Å². The van der Waals surface area contributed by atoms with Crippen molar-refractivity contribution in [2.45, 2.75) is 20.0 Å². The fraction of sp³-hybridized carbons (Fsp3) is 0.391. The van der Waals surface area contributed by atoms with E-state index in [4.69, 9.17) is 14.2 Å². The van der Waals surface area contributed by atoms with Crippen LogP contribution in [0, 0.1) is 0 Å². The van der Waals surface area contributed by atoms with E-state index in [1.165, 1.54) is 0 Å². The summed E-state index contributed by atoms with van der Waals surface area (Å²) in [5.74, 6) is 2.54. The molecule has 168 valence electrons. The van der Waals surface area contributed by atoms with Crippen LogP contribution in [-0.2, 0) is 0 Å². The molecular weight excluding hydrogens is 396 g/mol. The second-order valence-electron chi connectivity index (χ2n) is 6.71. The number of para-hydroxylation sites is 2. The van der Waals surface area contributed by atoms with Gasteiger partial charge in [-0.3, -0.25) is 4.79 Å². The molecule has 8 nitrogen and oxygen atoms in total. The molecule has 1 amide bonds. The molecule has 0 spiro atoms. The highest BCUT2D eigenvalue weighted by atomic mass is 16.5. The Kier molecular flexibility index (Phi) is 10.0. The molecule has 0 aliphatic carbocycles. The predicted molar refractivity (Wildman–Crippen MR) is 122 cm³/mol. The number of aliphatic imine (C=N–C) groups is 1. The van der Waals surface area contributed by atoms with E-state index < -0.39 is 0 Å². The van der Waals surface area contributed by atoms with Gasteiger partial charge < -0.3 is 30.2 Å². The maximum Gasteiger partial charge on any atom is 0.251 e. The van der Waals surface area contributed by atoms with Crippen LogP contribution < -0.4 is 30.2 Å². The van der Waals surface area contributed by atoms with Crippen LogP contribution in [0.1, 0.15) is 24.2 Å². The van der Waals surface area contributed by atoms with Crippen LogP contribution >= 0.6 is 0 Å². The van der Waals surface area contributed by atoms with Crippen LogP contribution in [0.3, 0.4) is 0 Å². The van der Waals surface area contributed by atoms with Crippen LogP contribution in [0.15, 0.2) is 53.5 Å². The minimum absolute atomic E-state index is 0.139. The van der Waals surface area contributed by atoms with Crippen LogP contribution in [0.2, 0.25) is 0 Å². The van der Waals surface area contributed by atoms with E-state index in [0.717, 1.165) is 6.54 Å². The first kappa shape index (κ1) is 23.9. The Bertz CT molecular complexity index is 857. The summed E-state index contributed by atoms with van der Waals surface area (Å²) in [5, 5.41) is 9.28. The second-order valence-corrected chi connectivity index (χ2v) is 6.71. The van der Waals surface area contributed by atoms with E-state index in [1.807, 2.05) is 38.1 Å². The summed E-state index contributed by atoms with van der Waals surface area (Å²) in [6, 6.07) is 14.6. The number of methoxy groups -OCH3 is 2. The summed E-state index contributed by atoms with van der Waals surface area (Å²) in [6.07, 6.45) is -0.139. The van der Waals surface area contributed by atoms with Crippen molar-refractivity contribution < 1.29 is 19.0 Å². The summed E-state index contributed by atoms with van der Waals surface area (Å²) in [4.78, 5) is 16.8. The highest BCUT2D eigenvalue weighted by Crippen LogP contribution is 2.26. The lowest BCUT2D eigenvalue weighted by molar-refractivity contribution is 0.0954. The summed E-state index contributed by atoms with van der Waals surface area (Å²) in [5.41, 5.74) is 0.558. The Morgan fingerprint density at radius 1 is 0.968 bits per heavy atom. The van der Waals surface area contributed by atoms with Crippen LogP contribution in [0.5, 0.6) is 17.2 Å². The number of nitrogens with zero attached hydrogens (tertiary/aromatic N) is 1. The van der Waals surface area contributed by atoms with Crippen molar-refractivity contribution in [3.05, 3.63) is 54.1 Å². The fourth-order valence-electron chi connectivity index (χ4n) is 2.76. The average Bonchev–Trinajstić information content (AvgIpc) is 2.80. The number of nitrogens with one attached hydrogen (secondary N) is 3. The Morgan fingerprint density at radius 3 is 2.42 bits per heavy atom. The van der Waals surface area contributed by atoms with Gasteiger partial charge in [-0.15, -0.1) is 0 Å². The lowest BCUT2D eigenvalue weighted by Crippen LogP contribution is -2.42. The molecule has 2 aromatic carbocycles. The van der Waals surface area contributed by atoms with Gasteiger partial charge in [-0.25, -0.2) is 4.99 Å². The molecule has 0 radical (unpaired) electrons. The molecule has 1 atom stereocenters. The molecule has 2 rings (SSSR count). The zero-order chi connectivity index (χ0) is 22.5. The molecule has 0 aliphatic rings. The Hall–Kier alpha value is -3.42. The van der Waals surface area contributed by atoms with Gasteiger partial charge in [0.15, 0.2) is 17.5 Å². The molecule has 0 bridgehead atoms. The fourth-order valence-corrected chi connectivity index (χ4v) is 2.76. The highest BCUT2D eigenvalue weighted by molar-refractivity contribution is 5.94. The predicted octanol–water partition coefficient (Wildman–Crippen LogP) is 2.46. The highest BCUT2D eigenvalue weighted by Gasteiger charge is 2.09. The van der Waals surface area contributed by atoms with Crippen molar-refractivity contribution in [2.24, 2.45) is 4.99 Å². The molecule has 0 fully saturated rings. The van der Waals surface area contributed by atoms with Gasteiger partial charge >= 0.3 is 0 Å². The van der Waals surface area contributed by atoms with E-state index in [-0.39, 0.29) is 12.0 Å². The Morgan fingerprint density at radius 2 is 1.71 bits per heavy atom. The minimum Gasteiger partial charge on any atom is -0.497 e. The molecule has 31 heavy (non-hydrogen) atoms. The third-order valence-corrected chi connectivity index (χ3v) is 4.28. The number of benzene rings is 2. The zero-order valence-corrected chi connectivity index (χ0v) is 18.6. The van der Waals surface area contributed by atoms with Gasteiger partial charge in [-0.1, -0.05) is 18.2 Å². The largest absolute Gasteiger partial charge is 0.497 e. The van der Waals surface area contributed by atoms with Crippen LogP contribution in [0.25, 0.3) is 0 Å². The van der Waals surface area contributed by atoms with Gasteiger partial charge in [0, 0.05) is 25.2 Å². The molecule has 0 aliphatic heterocycles. The van der Waals surface area contributed by atoms with Crippen molar-refractivity contribution in [1.82, 2.24) is 16.0 Å². The van der Waals surface area contributed by atoms with Crippen molar-refractivity contribution in [1.29, 1.82) is 0 Å². The number of carbonyl (C=O) groups is 1. The lowest BCUT2D eigenvalue weighted by atomic mass is 10.2. The summed E-state index contributed by atoms with van der Waals surface area (Å²) >= 11 is 0. The Balaban J connectivity index is 1.80. The van der Waals surface area contributed by atoms with E-state index in [0.29, 0.717) is 48.4 Å². The average molecular weight is 429 g/mol. The van der Waals surface area contributed by atoms with E-state index in [1.54, 1.807) is 38.5 Å². The van der Waals surface area contributed by atoms with Crippen LogP contribution in [-0.4, -0.2) is 58.4 Å². The third kappa shape index (κ3) is 8.08. The molecule has 3 N–H and O–H groups in total. The maximum atomic E-state index is 12.3. The lowest BCUT2D eigenvalue weighted by Gasteiger charge is -2.17. The summed E-state index contributed by atoms with van der Waals surface area (Å²) < 4.78 is 16.4. The molecule has 0 saturated carbocycles. The molecular formula is C23H32N4O4. The smallest absolute Gasteiger partial charge is 0.251 e. The van der Waals surface area contributed by atoms with Crippen molar-refractivity contribution in [3.8, 4) is 17.2 Å². The van der Waals surface area contributed by atoms with Gasteiger partial charge in [0.1, 0.15) is 11.9 Å². The third-order valence-electron chi connectivity index (χ3n) is 4.28. The standard InChI is InChI=1S/C23H32N4O4/c1-5-24-23(27-16-17(2)31-21-12-7-6-11-20(21)30-4)26-14-13-25-22(28)18-9-8-10-19(15-18)29-3/h6-12,15,17H,5,13-14,16H2,1-4H3,(H,25,28)(H2,24,26,27). The topological polar surface area (TPSA) is 93.2 Å². The molecule has 1 unspecified atom stereocenters. The van der Waals surface area contributed by atoms with Gasteiger partial charge in [0.05, 0.1) is 20.8 Å². The number of hydrogen-bond acceptors (Lipinski definition) is 5. The summed E-state index contributed by atoms with van der Waals surface area (Å²) in [6.45, 7) is 6.12. The van der Waals surface area contributed by atoms with Crippen molar-refractivity contribution >= 4 is 11.9 Å². The molecule has 8 heteroatoms.